The van der Waals surface area contributed by atoms with E-state index in [1.807, 2.05) is 6.07 Å². The number of esters is 1. The number of aryl methyl sites for hydroxylation is 2. The molecule has 342 valence electrons. The predicted octanol–water partition coefficient (Wildman–Crippen LogP) is 9.86. The number of H-pyrrole nitrogens is 1. The van der Waals surface area contributed by atoms with Gasteiger partial charge in [-0.1, -0.05) is 55.3 Å². The fourth-order valence-electron chi connectivity index (χ4n) is 9.12. The molecule has 0 bridgehead atoms. The average Bonchev–Trinajstić information content (AvgIpc) is 4.08. The summed E-state index contributed by atoms with van der Waals surface area (Å²) in [7, 11) is -0.0650. The number of phenolic OH excluding ortho intramolecular Hbond substituents is 1. The third-order valence-electron chi connectivity index (χ3n) is 13.7. The number of fused-ring (bicyclic) bond motifs is 4. The van der Waals surface area contributed by atoms with Crippen LogP contribution in [0.2, 0.25) is 26.8 Å². The Morgan fingerprint density at radius 1 is 1.02 bits per heavy atom. The van der Waals surface area contributed by atoms with Crippen LogP contribution in [-0.4, -0.2) is 81.7 Å². The van der Waals surface area contributed by atoms with Crippen molar-refractivity contribution in [3.63, 3.8) is 0 Å². The fraction of sp³-hybridized carbons (Fsp3) is 0.489. The Hall–Kier alpha value is -3.64. The highest BCUT2D eigenvalue weighted by Gasteiger charge is 2.46. The average molecular weight is 966 g/mol. The van der Waals surface area contributed by atoms with Gasteiger partial charge in [-0.2, -0.15) is 0 Å². The normalized spacial score (nSPS) is 17.7. The molecule has 0 aliphatic heterocycles. The lowest BCUT2D eigenvalue weighted by Gasteiger charge is -2.39. The number of hydrogen-bond donors (Lipinski definition) is 4. The molecule has 2 aliphatic carbocycles. The summed E-state index contributed by atoms with van der Waals surface area (Å²) < 4.78 is 16.1. The van der Waals surface area contributed by atoms with Crippen molar-refractivity contribution >= 4 is 82.1 Å². The lowest BCUT2D eigenvalue weighted by molar-refractivity contribution is -0.169. The van der Waals surface area contributed by atoms with Crippen LogP contribution in [0.3, 0.4) is 0 Å². The van der Waals surface area contributed by atoms with Gasteiger partial charge in [0, 0.05) is 37.1 Å². The number of aromatic amines is 1. The maximum atomic E-state index is 13.7. The first kappa shape index (κ1) is 46.9. The number of rotatable bonds is 16. The first-order valence-corrected chi connectivity index (χ1v) is 27.5. The second-order valence-electron chi connectivity index (χ2n) is 18.9. The molecule has 8 rings (SSSR count). The number of ether oxygens (including phenoxy) is 1. The number of benzene rings is 2. The highest BCUT2D eigenvalue weighted by molar-refractivity contribution is 7.18. The molecule has 6 aromatic rings. The van der Waals surface area contributed by atoms with E-state index in [0.717, 1.165) is 96.3 Å². The Labute approximate surface area is 393 Å². The summed E-state index contributed by atoms with van der Waals surface area (Å²) in [5.41, 5.74) is 5.13. The minimum absolute atomic E-state index is 0.0186. The summed E-state index contributed by atoms with van der Waals surface area (Å²) in [4.78, 5) is 31.9. The van der Waals surface area contributed by atoms with Gasteiger partial charge >= 0.3 is 5.97 Å². The zero-order chi connectivity index (χ0) is 45.6. The molecule has 64 heavy (non-hydrogen) atoms. The molecular formula is C47H58Cl2N6O6S2Si. The molecule has 4 heterocycles. The Morgan fingerprint density at radius 3 is 2.36 bits per heavy atom. The predicted molar refractivity (Wildman–Crippen MR) is 260 cm³/mol. The molecule has 4 aromatic heterocycles. The Balaban J connectivity index is 0.884. The number of carbonyl (C=O) groups is 1. The van der Waals surface area contributed by atoms with Crippen LogP contribution in [0.4, 0.5) is 0 Å². The molecule has 0 unspecified atom stereocenters. The number of hydrogen-bond acceptors (Lipinski definition) is 12. The number of thiophene rings is 2. The van der Waals surface area contributed by atoms with E-state index in [1.54, 1.807) is 36.4 Å². The van der Waals surface area contributed by atoms with E-state index in [2.05, 4.69) is 77.2 Å². The van der Waals surface area contributed by atoms with Crippen LogP contribution in [0.15, 0.2) is 59.4 Å². The summed E-state index contributed by atoms with van der Waals surface area (Å²) >= 11 is 14.7. The zero-order valence-electron chi connectivity index (χ0n) is 37.3. The molecule has 0 saturated heterocycles. The molecule has 17 heteroatoms. The number of nitrogens with zero attached hydrogens (tertiary/aromatic N) is 4. The summed E-state index contributed by atoms with van der Waals surface area (Å²) in [5, 5.41) is 36.3. The molecule has 12 nitrogen and oxygen atoms in total. The molecule has 1 saturated carbocycles. The SMILES string of the molecule is CN(CCCn1nnc2cc(CNC[C@H](O[Si](C)(C)C(C)(C)C)c3ccc(O)c4[nH]c(=O)ccc34)c3c(c21)CCC3)C1CCC(OC(=O)C(O)(c2ccc(Cl)s2)c2ccc(Cl)s2)CC1. The summed E-state index contributed by atoms with van der Waals surface area (Å²) in [6.07, 6.45) is 6.61. The molecule has 0 amide bonds. The van der Waals surface area contributed by atoms with Gasteiger partial charge < -0.3 is 34.6 Å². The standard InChI is InChI=1S/C47H58Cl2N6O6S2Si/c1-46(2,3)64(5,6)61-37(32-15-17-36(56)43-33(32)16-22-42(57)51-43)27-50-26-28-25-35-44(34-10-7-9-31(28)34)55(53-52-35)24-8-23-54(4)29-11-13-30(14-12-29)60-45(58)47(59,38-18-20-40(48)62-38)39-19-21-41(49)63-39/h15-22,25,29-30,37,50,56,59H,7-14,23-24,26-27H2,1-6H3,(H,51,57)/t29?,30?,37-/m0/s1. The molecule has 4 N–H and O–H groups in total. The van der Waals surface area contributed by atoms with Crippen molar-refractivity contribution in [3.8, 4) is 5.75 Å². The molecular weight excluding hydrogens is 908 g/mol. The monoisotopic (exact) mass is 964 g/mol. The zero-order valence-corrected chi connectivity index (χ0v) is 41.4. The summed E-state index contributed by atoms with van der Waals surface area (Å²) in [6, 6.07) is 16.0. The van der Waals surface area contributed by atoms with E-state index in [4.69, 9.17) is 32.4 Å². The van der Waals surface area contributed by atoms with Crippen LogP contribution in [0.25, 0.3) is 21.9 Å². The number of aromatic hydroxyl groups is 1. The lowest BCUT2D eigenvalue weighted by atomic mass is 9.91. The third kappa shape index (κ3) is 9.61. The Bertz CT molecular complexity index is 2660. The number of halogens is 2. The largest absolute Gasteiger partial charge is 0.506 e. The molecule has 2 aliphatic rings. The fourth-order valence-corrected chi connectivity index (χ4v) is 12.7. The van der Waals surface area contributed by atoms with Crippen molar-refractivity contribution in [2.45, 2.75) is 127 Å². The number of phenols is 1. The van der Waals surface area contributed by atoms with Gasteiger partial charge in [-0.25, -0.2) is 9.48 Å². The molecule has 1 fully saturated rings. The van der Waals surface area contributed by atoms with Crippen molar-refractivity contribution < 1.29 is 24.2 Å². The van der Waals surface area contributed by atoms with Crippen molar-refractivity contribution in [1.82, 2.24) is 30.2 Å². The minimum atomic E-state index is -2.23. The van der Waals surface area contributed by atoms with Gasteiger partial charge in [0.1, 0.15) is 17.4 Å². The van der Waals surface area contributed by atoms with Gasteiger partial charge in [-0.15, -0.1) is 27.8 Å². The number of carbonyl (C=O) groups excluding carboxylic acids is 1. The topological polar surface area (TPSA) is 155 Å². The first-order chi connectivity index (χ1) is 30.4. The van der Waals surface area contributed by atoms with Gasteiger partial charge in [0.25, 0.3) is 0 Å². The molecule has 2 aromatic carbocycles. The smallest absolute Gasteiger partial charge is 0.349 e. The van der Waals surface area contributed by atoms with E-state index >= 15 is 0 Å². The van der Waals surface area contributed by atoms with Crippen LogP contribution < -0.4 is 10.9 Å². The van der Waals surface area contributed by atoms with Crippen LogP contribution in [-0.2, 0) is 45.5 Å². The molecule has 0 radical (unpaired) electrons. The van der Waals surface area contributed by atoms with E-state index in [0.29, 0.717) is 55.9 Å². The molecule has 1 atom stereocenters. The summed E-state index contributed by atoms with van der Waals surface area (Å²) in [6.45, 7) is 14.0. The van der Waals surface area contributed by atoms with E-state index in [-0.39, 0.29) is 28.6 Å². The van der Waals surface area contributed by atoms with E-state index in [1.165, 1.54) is 22.8 Å². The quantitative estimate of drug-likeness (QED) is 0.0545. The van der Waals surface area contributed by atoms with E-state index in [9.17, 15) is 19.8 Å². The van der Waals surface area contributed by atoms with E-state index < -0.39 is 19.9 Å². The highest BCUT2D eigenvalue weighted by Crippen LogP contribution is 2.43. The second-order valence-corrected chi connectivity index (χ2v) is 27.1. The highest BCUT2D eigenvalue weighted by atomic mass is 35.5. The van der Waals surface area contributed by atoms with Crippen LogP contribution in [0.1, 0.15) is 97.4 Å². The minimum Gasteiger partial charge on any atom is -0.506 e. The first-order valence-electron chi connectivity index (χ1n) is 22.2. The van der Waals surface area contributed by atoms with Crippen molar-refractivity contribution in [2.24, 2.45) is 0 Å². The van der Waals surface area contributed by atoms with Crippen LogP contribution in [0.5, 0.6) is 5.75 Å². The maximum absolute atomic E-state index is 13.7. The Kier molecular flexibility index (Phi) is 13.9. The van der Waals surface area contributed by atoms with Crippen molar-refractivity contribution in [2.75, 3.05) is 20.1 Å². The molecule has 0 spiro atoms. The van der Waals surface area contributed by atoms with Gasteiger partial charge in [0.2, 0.25) is 11.2 Å². The van der Waals surface area contributed by atoms with Gasteiger partial charge in [-0.3, -0.25) is 4.79 Å². The van der Waals surface area contributed by atoms with Crippen molar-refractivity contribution in [1.29, 1.82) is 0 Å². The van der Waals surface area contributed by atoms with Gasteiger partial charge in [-0.05, 0) is 148 Å². The van der Waals surface area contributed by atoms with Crippen LogP contribution in [0, 0.1) is 0 Å². The summed E-state index contributed by atoms with van der Waals surface area (Å²) in [5.74, 6) is -0.662. The third-order valence-corrected chi connectivity index (χ3v) is 20.8. The Morgan fingerprint density at radius 2 is 1.70 bits per heavy atom. The maximum Gasteiger partial charge on any atom is 0.349 e. The number of nitrogens with one attached hydrogen (secondary N) is 2. The lowest BCUT2D eigenvalue weighted by Crippen LogP contribution is -2.43. The van der Waals surface area contributed by atoms with Crippen molar-refractivity contribution in [3.05, 3.63) is 106 Å². The van der Waals surface area contributed by atoms with Gasteiger partial charge in [0.05, 0.1) is 35.6 Å². The number of pyridine rings is 1. The number of aromatic nitrogens is 4. The second kappa shape index (κ2) is 18.9. The van der Waals surface area contributed by atoms with Crippen LogP contribution >= 0.6 is 45.9 Å². The number of aliphatic hydroxyl groups is 1. The van der Waals surface area contributed by atoms with Gasteiger partial charge in [0.15, 0.2) is 8.32 Å².